The van der Waals surface area contributed by atoms with Crippen LogP contribution in [0, 0.1) is 0 Å². The fourth-order valence-corrected chi connectivity index (χ4v) is 6.67. The first-order valence-corrected chi connectivity index (χ1v) is 15.3. The Hall–Kier alpha value is -4.41. The first-order chi connectivity index (χ1) is 22.9. The van der Waals surface area contributed by atoms with Crippen LogP contribution in [0.1, 0.15) is 79.2 Å². The number of amides is 1. The van der Waals surface area contributed by atoms with Gasteiger partial charge in [0.15, 0.2) is 12.1 Å². The van der Waals surface area contributed by atoms with Gasteiger partial charge in [0.25, 0.3) is 5.91 Å². The van der Waals surface area contributed by atoms with Crippen molar-refractivity contribution in [3.05, 3.63) is 87.5 Å². The summed E-state index contributed by atoms with van der Waals surface area (Å²) in [5, 5.41) is 60.2. The predicted molar refractivity (Wildman–Crippen MR) is 175 cm³/mol. The number of ether oxygens (including phenoxy) is 3. The molecule has 0 unspecified atom stereocenters. The Kier molecular flexibility index (Phi) is 10.1. The van der Waals surface area contributed by atoms with Gasteiger partial charge in [-0.05, 0) is 25.1 Å². The number of nitrogens with two attached hydrogens (primary N) is 1. The molecule has 1 amide bonds. The first-order valence-electron chi connectivity index (χ1n) is 15.3. The summed E-state index contributed by atoms with van der Waals surface area (Å²) in [6, 6.07) is 11.7. The van der Waals surface area contributed by atoms with Crippen LogP contribution < -0.4 is 15.9 Å². The van der Waals surface area contributed by atoms with Crippen molar-refractivity contribution in [3.8, 4) is 17.2 Å². The number of phenolic OH excluding ortho intramolecular Hbond substituents is 2. The van der Waals surface area contributed by atoms with Gasteiger partial charge in [0.2, 0.25) is 5.78 Å². The van der Waals surface area contributed by atoms with E-state index in [2.05, 4.69) is 10.5 Å². The van der Waals surface area contributed by atoms with Crippen molar-refractivity contribution in [1.82, 2.24) is 5.43 Å². The monoisotopic (exact) mass is 697 g/mol. The number of halogens is 1. The number of aromatic hydroxyl groups is 2. The van der Waals surface area contributed by atoms with E-state index in [1.165, 1.54) is 25.3 Å². The normalized spacial score (nSPS) is 26.2. The summed E-state index contributed by atoms with van der Waals surface area (Å²) >= 11 is 0. The van der Waals surface area contributed by atoms with Crippen molar-refractivity contribution in [2.45, 2.75) is 62.4 Å². The van der Waals surface area contributed by atoms with Crippen LogP contribution in [-0.2, 0) is 15.9 Å². The number of benzene rings is 3. The second kappa shape index (κ2) is 13.8. The number of hydrogen-bond acceptors (Lipinski definition) is 13. The molecule has 0 saturated carbocycles. The molecule has 49 heavy (non-hydrogen) atoms. The lowest BCUT2D eigenvalue weighted by molar-refractivity contribution is -0.245. The molecule has 3 aromatic rings. The van der Waals surface area contributed by atoms with E-state index in [4.69, 9.17) is 19.9 Å². The summed E-state index contributed by atoms with van der Waals surface area (Å²) in [7, 11) is 1.33. The third-order valence-electron chi connectivity index (χ3n) is 9.16. The molecule has 1 fully saturated rings. The summed E-state index contributed by atoms with van der Waals surface area (Å²) < 4.78 is 17.4. The van der Waals surface area contributed by atoms with Gasteiger partial charge in [0, 0.05) is 47.6 Å². The van der Waals surface area contributed by atoms with Crippen molar-refractivity contribution in [2.24, 2.45) is 10.8 Å². The zero-order chi connectivity index (χ0) is 34.5. The summed E-state index contributed by atoms with van der Waals surface area (Å²) in [4.78, 5) is 40.4. The molecule has 0 spiro atoms. The Bertz CT molecular complexity index is 1820. The second-order valence-electron chi connectivity index (χ2n) is 12.1. The number of methoxy groups -OCH3 is 1. The summed E-state index contributed by atoms with van der Waals surface area (Å²) in [6.07, 6.45) is -5.10. The van der Waals surface area contributed by atoms with E-state index in [-0.39, 0.29) is 58.1 Å². The molecule has 1 aliphatic heterocycles. The third kappa shape index (κ3) is 6.16. The summed E-state index contributed by atoms with van der Waals surface area (Å²) in [5.74, 6) is -3.43. The van der Waals surface area contributed by atoms with E-state index < -0.39 is 95.8 Å². The average molecular weight is 698 g/mol. The van der Waals surface area contributed by atoms with Crippen LogP contribution in [0.5, 0.6) is 17.2 Å². The molecule has 0 bridgehead atoms. The standard InChI is InChI=1S/C34H35N3O11.ClH/c1-15-28(39)19(35)11-23(47-15)48-21-13-34(45,22(14-38)36-37-33(44)16-7-4-3-5-8-16)12-18-25(21)32(43)27-26(30(18)41)29(40)17-9-6-10-20(46-2)24(17)31(27)42;/h3-10,15,19,21,23,28,38-39,41,43,45H,11-14,35H2,1-2H3,(H,37,44);1H/b36-22+;/t15-,19-,21-,23-,28+,34-;/m0./s1. The molecular weight excluding hydrogens is 662 g/mol. The first kappa shape index (κ1) is 35.9. The molecule has 3 aliphatic rings. The van der Waals surface area contributed by atoms with Crippen LogP contribution in [0.15, 0.2) is 53.6 Å². The van der Waals surface area contributed by atoms with Gasteiger partial charge in [-0.25, -0.2) is 5.43 Å². The zero-order valence-corrected chi connectivity index (χ0v) is 27.3. The lowest BCUT2D eigenvalue weighted by atomic mass is 9.71. The lowest BCUT2D eigenvalue weighted by Gasteiger charge is -2.43. The van der Waals surface area contributed by atoms with E-state index in [0.29, 0.717) is 0 Å². The Morgan fingerprint density at radius 2 is 1.76 bits per heavy atom. The van der Waals surface area contributed by atoms with Gasteiger partial charge in [-0.15, -0.1) is 12.4 Å². The van der Waals surface area contributed by atoms with E-state index in [1.54, 1.807) is 37.3 Å². The van der Waals surface area contributed by atoms with Crippen molar-refractivity contribution in [3.63, 3.8) is 0 Å². The largest absolute Gasteiger partial charge is 0.507 e. The molecule has 14 nitrogen and oxygen atoms in total. The van der Waals surface area contributed by atoms with Crippen LogP contribution in [0.2, 0.25) is 0 Å². The maximum atomic E-state index is 13.9. The highest BCUT2D eigenvalue weighted by Crippen LogP contribution is 2.52. The Morgan fingerprint density at radius 3 is 2.41 bits per heavy atom. The number of carbonyl (C=O) groups is 3. The Balaban J connectivity index is 0.00000468. The number of ketones is 2. The van der Waals surface area contributed by atoms with E-state index in [9.17, 15) is 39.9 Å². The number of nitrogens with zero attached hydrogens (tertiary/aromatic N) is 1. The van der Waals surface area contributed by atoms with Gasteiger partial charge < -0.3 is 45.5 Å². The minimum atomic E-state index is -2.13. The van der Waals surface area contributed by atoms with E-state index in [0.717, 1.165) is 0 Å². The molecule has 6 rings (SSSR count). The number of phenols is 2. The van der Waals surface area contributed by atoms with E-state index in [1.807, 2.05) is 0 Å². The maximum absolute atomic E-state index is 13.9. The number of hydrazone groups is 1. The van der Waals surface area contributed by atoms with Gasteiger partial charge in [-0.3, -0.25) is 14.4 Å². The number of aliphatic hydroxyl groups is 3. The van der Waals surface area contributed by atoms with Gasteiger partial charge >= 0.3 is 0 Å². The van der Waals surface area contributed by atoms with Crippen molar-refractivity contribution in [1.29, 1.82) is 0 Å². The third-order valence-corrected chi connectivity index (χ3v) is 9.16. The quantitative estimate of drug-likeness (QED) is 0.0830. The highest BCUT2D eigenvalue weighted by Gasteiger charge is 2.49. The SMILES string of the molecule is COc1cccc2c1C(=O)c1c(O)c3c(c(O)c1C2=O)C[C@@](O)(/C(CO)=N/NC(=O)c1ccccc1)C[C@@H]3O[C@H]1C[C@H](N)[C@H](O)[C@H](C)O1.Cl. The summed E-state index contributed by atoms with van der Waals surface area (Å²) in [6.45, 7) is 0.746. The van der Waals surface area contributed by atoms with Crippen LogP contribution in [0.25, 0.3) is 0 Å². The average Bonchev–Trinajstić information content (AvgIpc) is 3.07. The number of carbonyl (C=O) groups excluding carboxylic acids is 3. The van der Waals surface area contributed by atoms with Crippen LogP contribution >= 0.6 is 12.4 Å². The topological polar surface area (TPSA) is 230 Å². The second-order valence-corrected chi connectivity index (χ2v) is 12.1. The fraction of sp³-hybridized carbons (Fsp3) is 0.353. The van der Waals surface area contributed by atoms with Gasteiger partial charge in [-0.1, -0.05) is 30.3 Å². The molecule has 2 aliphatic carbocycles. The molecule has 260 valence electrons. The number of rotatable bonds is 7. The molecule has 6 atom stereocenters. The van der Waals surface area contributed by atoms with Crippen LogP contribution in [-0.4, -0.2) is 92.6 Å². The molecule has 0 radical (unpaired) electrons. The Morgan fingerprint density at radius 1 is 1.06 bits per heavy atom. The minimum absolute atomic E-state index is 0. The fourth-order valence-electron chi connectivity index (χ4n) is 6.67. The van der Waals surface area contributed by atoms with Gasteiger partial charge in [0.05, 0.1) is 54.4 Å². The zero-order valence-electron chi connectivity index (χ0n) is 26.5. The molecule has 0 aromatic heterocycles. The smallest absolute Gasteiger partial charge is 0.271 e. The molecule has 8 N–H and O–H groups in total. The van der Waals surface area contributed by atoms with Crippen molar-refractivity contribution in [2.75, 3.05) is 13.7 Å². The highest BCUT2D eigenvalue weighted by atomic mass is 35.5. The maximum Gasteiger partial charge on any atom is 0.271 e. The number of nitrogens with one attached hydrogen (secondary N) is 1. The minimum Gasteiger partial charge on any atom is -0.507 e. The van der Waals surface area contributed by atoms with Crippen LogP contribution in [0.3, 0.4) is 0 Å². The summed E-state index contributed by atoms with van der Waals surface area (Å²) in [5.41, 5.74) is 4.90. The predicted octanol–water partition coefficient (Wildman–Crippen LogP) is 1.64. The molecular formula is C34H36ClN3O11. The van der Waals surface area contributed by atoms with Crippen molar-refractivity contribution >= 4 is 35.6 Å². The van der Waals surface area contributed by atoms with Gasteiger partial charge in [-0.2, -0.15) is 5.10 Å². The van der Waals surface area contributed by atoms with Gasteiger partial charge in [0.1, 0.15) is 22.8 Å². The lowest BCUT2D eigenvalue weighted by Crippen LogP contribution is -2.53. The number of fused-ring (bicyclic) bond motifs is 3. The van der Waals surface area contributed by atoms with E-state index >= 15 is 0 Å². The molecule has 3 aromatic carbocycles. The number of aliphatic hydroxyl groups excluding tert-OH is 2. The molecule has 1 heterocycles. The Labute approximate surface area is 286 Å². The molecule has 1 saturated heterocycles. The highest BCUT2D eigenvalue weighted by molar-refractivity contribution is 6.31. The van der Waals surface area contributed by atoms with Crippen molar-refractivity contribution < 1.29 is 54.1 Å². The molecule has 15 heteroatoms. The number of hydrogen-bond donors (Lipinski definition) is 7. The van der Waals surface area contributed by atoms with Crippen LogP contribution in [0.4, 0.5) is 0 Å².